The number of ether oxygens (including phenoxy) is 2. The van der Waals surface area contributed by atoms with Gasteiger partial charge in [0, 0.05) is 26.3 Å². The van der Waals surface area contributed by atoms with Crippen LogP contribution in [0.4, 0.5) is 0 Å². The third-order valence-corrected chi connectivity index (χ3v) is 3.14. The fourth-order valence-corrected chi connectivity index (χ4v) is 2.01. The second-order valence-electron chi connectivity index (χ2n) is 5.29. The van der Waals surface area contributed by atoms with Crippen LogP contribution in [-0.4, -0.2) is 44.9 Å². The summed E-state index contributed by atoms with van der Waals surface area (Å²) in [6.07, 6.45) is 2.17. The lowest BCUT2D eigenvalue weighted by molar-refractivity contribution is 0.143. The van der Waals surface area contributed by atoms with E-state index in [0.717, 1.165) is 50.9 Å². The molecule has 0 radical (unpaired) electrons. The van der Waals surface area contributed by atoms with E-state index < -0.39 is 0 Å². The van der Waals surface area contributed by atoms with Crippen LogP contribution in [0.5, 0.6) is 5.75 Å². The number of hydrogen-bond acceptors (Lipinski definition) is 3. The summed E-state index contributed by atoms with van der Waals surface area (Å²) in [5.41, 5.74) is 0. The summed E-state index contributed by atoms with van der Waals surface area (Å²) in [6, 6.07) is 9.84. The molecule has 5 nitrogen and oxygen atoms in total. The van der Waals surface area contributed by atoms with Gasteiger partial charge in [0.25, 0.3) is 0 Å². The molecule has 0 fully saturated rings. The van der Waals surface area contributed by atoms with E-state index in [4.69, 9.17) is 9.47 Å². The van der Waals surface area contributed by atoms with Crippen LogP contribution in [0.25, 0.3) is 0 Å². The van der Waals surface area contributed by atoms with Crippen molar-refractivity contribution in [3.8, 4) is 5.75 Å². The summed E-state index contributed by atoms with van der Waals surface area (Å²) < 4.78 is 11.2. The molecule has 1 atom stereocenters. The van der Waals surface area contributed by atoms with Crippen molar-refractivity contribution < 1.29 is 9.47 Å². The fraction of sp³-hybridized carbons (Fsp3) is 0.611. The van der Waals surface area contributed by atoms with Crippen molar-refractivity contribution in [2.75, 3.05) is 32.8 Å². The molecular formula is C18H31N3O2. The Kier molecular flexibility index (Phi) is 10.7. The van der Waals surface area contributed by atoms with Gasteiger partial charge in [0.1, 0.15) is 11.9 Å². The molecule has 0 aromatic heterocycles. The van der Waals surface area contributed by atoms with Gasteiger partial charge in [-0.2, -0.15) is 0 Å². The number of rotatable bonds is 11. The average molecular weight is 321 g/mol. The molecule has 0 aliphatic rings. The van der Waals surface area contributed by atoms with Gasteiger partial charge >= 0.3 is 0 Å². The zero-order valence-electron chi connectivity index (χ0n) is 14.7. The first kappa shape index (κ1) is 19.3. The van der Waals surface area contributed by atoms with Crippen LogP contribution < -0.4 is 15.4 Å². The average Bonchev–Trinajstić information content (AvgIpc) is 2.56. The highest BCUT2D eigenvalue weighted by Crippen LogP contribution is 2.10. The molecule has 0 bridgehead atoms. The standard InChI is InChI=1S/C18H31N3O2/c1-4-19-18(20-13-9-10-14-22-5-2)21-15-16(3)23-17-11-7-6-8-12-17/h6-8,11-12,16H,4-5,9-10,13-15H2,1-3H3,(H2,19,20,21). The predicted molar refractivity (Wildman–Crippen MR) is 96.2 cm³/mol. The molecule has 1 aromatic rings. The molecule has 1 unspecified atom stereocenters. The summed E-state index contributed by atoms with van der Waals surface area (Å²) in [5, 5.41) is 6.60. The van der Waals surface area contributed by atoms with Gasteiger partial charge in [-0.05, 0) is 45.7 Å². The van der Waals surface area contributed by atoms with Crippen LogP contribution in [0.3, 0.4) is 0 Å². The van der Waals surface area contributed by atoms with Crippen LogP contribution in [0.15, 0.2) is 35.3 Å². The minimum atomic E-state index is 0.0332. The second-order valence-corrected chi connectivity index (χ2v) is 5.29. The summed E-state index contributed by atoms with van der Waals surface area (Å²) in [5.74, 6) is 1.72. The number of unbranched alkanes of at least 4 members (excludes halogenated alkanes) is 1. The maximum atomic E-state index is 5.83. The molecule has 23 heavy (non-hydrogen) atoms. The Morgan fingerprint density at radius 1 is 1.13 bits per heavy atom. The van der Waals surface area contributed by atoms with Crippen molar-refractivity contribution >= 4 is 5.96 Å². The minimum Gasteiger partial charge on any atom is -0.489 e. The topological polar surface area (TPSA) is 54.9 Å². The van der Waals surface area contributed by atoms with Crippen molar-refractivity contribution in [3.63, 3.8) is 0 Å². The van der Waals surface area contributed by atoms with Crippen LogP contribution in [-0.2, 0) is 4.74 Å². The molecule has 0 spiro atoms. The Bertz CT molecular complexity index is 424. The van der Waals surface area contributed by atoms with E-state index in [-0.39, 0.29) is 6.10 Å². The normalized spacial score (nSPS) is 12.7. The van der Waals surface area contributed by atoms with E-state index in [1.165, 1.54) is 0 Å². The number of nitrogens with zero attached hydrogens (tertiary/aromatic N) is 1. The van der Waals surface area contributed by atoms with E-state index in [1.807, 2.05) is 44.2 Å². The maximum Gasteiger partial charge on any atom is 0.191 e. The Balaban J connectivity index is 2.29. The molecule has 0 amide bonds. The quantitative estimate of drug-likeness (QED) is 0.374. The Morgan fingerprint density at radius 2 is 1.91 bits per heavy atom. The highest BCUT2D eigenvalue weighted by molar-refractivity contribution is 5.79. The lowest BCUT2D eigenvalue weighted by Gasteiger charge is -2.15. The molecule has 2 N–H and O–H groups in total. The minimum absolute atomic E-state index is 0.0332. The van der Waals surface area contributed by atoms with E-state index in [0.29, 0.717) is 6.54 Å². The first-order chi connectivity index (χ1) is 11.3. The van der Waals surface area contributed by atoms with Crippen LogP contribution in [0.2, 0.25) is 0 Å². The SMILES string of the molecule is CCNC(=NCC(C)Oc1ccccc1)NCCCCOCC. The van der Waals surface area contributed by atoms with Crippen molar-refractivity contribution in [1.29, 1.82) is 0 Å². The molecule has 0 aliphatic heterocycles. The predicted octanol–water partition coefficient (Wildman–Crippen LogP) is 2.83. The molecule has 0 saturated heterocycles. The van der Waals surface area contributed by atoms with Crippen molar-refractivity contribution in [3.05, 3.63) is 30.3 Å². The van der Waals surface area contributed by atoms with E-state index >= 15 is 0 Å². The van der Waals surface area contributed by atoms with Crippen molar-refractivity contribution in [2.24, 2.45) is 4.99 Å². The first-order valence-corrected chi connectivity index (χ1v) is 8.57. The second kappa shape index (κ2) is 12.8. The van der Waals surface area contributed by atoms with E-state index in [9.17, 15) is 0 Å². The molecule has 130 valence electrons. The zero-order valence-corrected chi connectivity index (χ0v) is 14.7. The maximum absolute atomic E-state index is 5.83. The van der Waals surface area contributed by atoms with Crippen LogP contribution in [0.1, 0.15) is 33.6 Å². The van der Waals surface area contributed by atoms with Gasteiger partial charge in [0.2, 0.25) is 0 Å². The van der Waals surface area contributed by atoms with Gasteiger partial charge in [-0.1, -0.05) is 18.2 Å². The monoisotopic (exact) mass is 321 g/mol. The number of guanidine groups is 1. The number of aliphatic imine (C=N–C) groups is 1. The fourth-order valence-electron chi connectivity index (χ4n) is 2.01. The lowest BCUT2D eigenvalue weighted by atomic mass is 10.3. The van der Waals surface area contributed by atoms with E-state index in [1.54, 1.807) is 0 Å². The van der Waals surface area contributed by atoms with Gasteiger partial charge in [-0.15, -0.1) is 0 Å². The van der Waals surface area contributed by atoms with Crippen molar-refractivity contribution in [1.82, 2.24) is 10.6 Å². The van der Waals surface area contributed by atoms with Crippen molar-refractivity contribution in [2.45, 2.75) is 39.7 Å². The molecular weight excluding hydrogens is 290 g/mol. The lowest BCUT2D eigenvalue weighted by Crippen LogP contribution is -2.38. The molecule has 5 heteroatoms. The molecule has 1 aromatic carbocycles. The smallest absolute Gasteiger partial charge is 0.191 e. The summed E-state index contributed by atoms with van der Waals surface area (Å²) in [4.78, 5) is 4.58. The van der Waals surface area contributed by atoms with Crippen LogP contribution in [0, 0.1) is 0 Å². The van der Waals surface area contributed by atoms with E-state index in [2.05, 4.69) is 22.5 Å². The Labute approximate surface area is 140 Å². The number of hydrogen-bond donors (Lipinski definition) is 2. The van der Waals surface area contributed by atoms with Gasteiger partial charge < -0.3 is 20.1 Å². The summed E-state index contributed by atoms with van der Waals surface area (Å²) in [6.45, 7) is 10.1. The third-order valence-electron chi connectivity index (χ3n) is 3.14. The molecule has 0 saturated carbocycles. The largest absolute Gasteiger partial charge is 0.489 e. The van der Waals surface area contributed by atoms with Gasteiger partial charge in [-0.25, -0.2) is 4.99 Å². The zero-order chi connectivity index (χ0) is 16.8. The summed E-state index contributed by atoms with van der Waals surface area (Å²) in [7, 11) is 0. The first-order valence-electron chi connectivity index (χ1n) is 8.57. The van der Waals surface area contributed by atoms with Crippen LogP contribution >= 0.6 is 0 Å². The highest BCUT2D eigenvalue weighted by atomic mass is 16.5. The number of nitrogens with one attached hydrogen (secondary N) is 2. The van der Waals surface area contributed by atoms with Gasteiger partial charge in [-0.3, -0.25) is 0 Å². The molecule has 1 rings (SSSR count). The number of para-hydroxylation sites is 1. The highest BCUT2D eigenvalue weighted by Gasteiger charge is 2.04. The summed E-state index contributed by atoms with van der Waals surface area (Å²) >= 11 is 0. The molecule has 0 heterocycles. The Morgan fingerprint density at radius 3 is 2.61 bits per heavy atom. The number of benzene rings is 1. The van der Waals surface area contributed by atoms with Gasteiger partial charge in [0.05, 0.1) is 6.54 Å². The third kappa shape index (κ3) is 9.79. The Hall–Kier alpha value is -1.75. The van der Waals surface area contributed by atoms with Gasteiger partial charge in [0.15, 0.2) is 5.96 Å². The molecule has 0 aliphatic carbocycles.